The molecule has 2 aromatic carbocycles. The molecule has 1 heterocycles. The van der Waals surface area contributed by atoms with E-state index in [9.17, 15) is 0 Å². The minimum atomic E-state index is 0.415. The molecule has 0 saturated heterocycles. The maximum Gasteiger partial charge on any atom is 0.242 e. The summed E-state index contributed by atoms with van der Waals surface area (Å²) in [5, 5.41) is 15.2. The zero-order chi connectivity index (χ0) is 19.2. The van der Waals surface area contributed by atoms with Gasteiger partial charge in [0.15, 0.2) is 11.5 Å². The van der Waals surface area contributed by atoms with E-state index in [2.05, 4.69) is 36.8 Å². The summed E-state index contributed by atoms with van der Waals surface area (Å²) in [5.41, 5.74) is 2.03. The summed E-state index contributed by atoms with van der Waals surface area (Å²) in [4.78, 5) is 0. The summed E-state index contributed by atoms with van der Waals surface area (Å²) < 4.78 is 14.2. The fourth-order valence-corrected chi connectivity index (χ4v) is 3.15. The fraction of sp³-hybridized carbons (Fsp3) is 0.278. The van der Waals surface area contributed by atoms with Crippen molar-refractivity contribution in [1.82, 2.24) is 20.2 Å². The zero-order valence-electron chi connectivity index (χ0n) is 14.9. The number of ether oxygens (including phenoxy) is 2. The SMILES string of the molecule is CCOc1cc(CNc2nnnn2C)cc(Br)c1OCc1ccc(Cl)cc1. The van der Waals surface area contributed by atoms with Gasteiger partial charge in [0.25, 0.3) is 0 Å². The van der Waals surface area contributed by atoms with Crippen molar-refractivity contribution in [2.24, 2.45) is 7.05 Å². The van der Waals surface area contributed by atoms with Gasteiger partial charge >= 0.3 is 0 Å². The second kappa shape index (κ2) is 9.05. The molecule has 7 nitrogen and oxygen atoms in total. The molecule has 142 valence electrons. The third kappa shape index (κ3) is 5.11. The Morgan fingerprint density at radius 2 is 1.93 bits per heavy atom. The molecule has 0 saturated carbocycles. The zero-order valence-corrected chi connectivity index (χ0v) is 17.3. The van der Waals surface area contributed by atoms with Crippen LogP contribution in [-0.2, 0) is 20.2 Å². The van der Waals surface area contributed by atoms with Crippen molar-refractivity contribution in [3.05, 3.63) is 57.0 Å². The van der Waals surface area contributed by atoms with Gasteiger partial charge < -0.3 is 14.8 Å². The predicted octanol–water partition coefficient (Wildman–Crippen LogP) is 4.22. The Labute approximate surface area is 170 Å². The Morgan fingerprint density at radius 3 is 2.59 bits per heavy atom. The van der Waals surface area contributed by atoms with E-state index in [-0.39, 0.29) is 0 Å². The van der Waals surface area contributed by atoms with Crippen LogP contribution in [0.1, 0.15) is 18.1 Å². The number of halogens is 2. The first-order valence-corrected chi connectivity index (χ1v) is 9.52. The average Bonchev–Trinajstić information content (AvgIpc) is 3.06. The molecular weight excluding hydrogens is 434 g/mol. The molecule has 0 atom stereocenters. The molecular formula is C18H19BrClN5O2. The van der Waals surface area contributed by atoms with Crippen molar-refractivity contribution in [2.45, 2.75) is 20.1 Å². The summed E-state index contributed by atoms with van der Waals surface area (Å²) in [6.07, 6.45) is 0. The van der Waals surface area contributed by atoms with Crippen molar-refractivity contribution in [3.63, 3.8) is 0 Å². The Bertz CT molecular complexity index is 901. The molecule has 0 bridgehead atoms. The number of nitrogens with zero attached hydrogens (tertiary/aromatic N) is 4. The second-order valence-corrected chi connectivity index (χ2v) is 7.02. The number of rotatable bonds is 8. The van der Waals surface area contributed by atoms with Crippen LogP contribution in [-0.4, -0.2) is 26.8 Å². The molecule has 0 radical (unpaired) electrons. The topological polar surface area (TPSA) is 74.1 Å². The van der Waals surface area contributed by atoms with E-state index >= 15 is 0 Å². The Morgan fingerprint density at radius 1 is 1.15 bits per heavy atom. The highest BCUT2D eigenvalue weighted by atomic mass is 79.9. The lowest BCUT2D eigenvalue weighted by molar-refractivity contribution is 0.267. The lowest BCUT2D eigenvalue weighted by Crippen LogP contribution is -2.07. The molecule has 1 aromatic heterocycles. The molecule has 0 aliphatic heterocycles. The van der Waals surface area contributed by atoms with E-state index < -0.39 is 0 Å². The van der Waals surface area contributed by atoms with Crippen LogP contribution in [0.5, 0.6) is 11.5 Å². The molecule has 0 unspecified atom stereocenters. The number of anilines is 1. The normalized spacial score (nSPS) is 10.7. The van der Waals surface area contributed by atoms with Gasteiger partial charge in [-0.05, 0) is 68.7 Å². The minimum absolute atomic E-state index is 0.415. The van der Waals surface area contributed by atoms with Crippen LogP contribution >= 0.6 is 27.5 Å². The maximum atomic E-state index is 6.00. The van der Waals surface area contributed by atoms with Gasteiger partial charge in [-0.25, -0.2) is 4.68 Å². The van der Waals surface area contributed by atoms with Crippen LogP contribution in [0.4, 0.5) is 5.95 Å². The molecule has 0 spiro atoms. The number of aryl methyl sites for hydroxylation is 1. The molecule has 27 heavy (non-hydrogen) atoms. The van der Waals surface area contributed by atoms with Crippen molar-refractivity contribution >= 4 is 33.5 Å². The van der Waals surface area contributed by atoms with E-state index in [1.165, 1.54) is 0 Å². The van der Waals surface area contributed by atoms with Crippen LogP contribution in [0.25, 0.3) is 0 Å². The monoisotopic (exact) mass is 451 g/mol. The largest absolute Gasteiger partial charge is 0.490 e. The number of hydrogen-bond acceptors (Lipinski definition) is 6. The highest BCUT2D eigenvalue weighted by Crippen LogP contribution is 2.37. The molecule has 0 fully saturated rings. The average molecular weight is 453 g/mol. The van der Waals surface area contributed by atoms with Crippen LogP contribution in [0.2, 0.25) is 5.02 Å². The number of aromatic nitrogens is 4. The summed E-state index contributed by atoms with van der Waals surface area (Å²) in [7, 11) is 1.78. The molecule has 9 heteroatoms. The second-order valence-electron chi connectivity index (χ2n) is 5.73. The van der Waals surface area contributed by atoms with Gasteiger partial charge in [-0.1, -0.05) is 28.8 Å². The number of benzene rings is 2. The van der Waals surface area contributed by atoms with E-state index in [0.717, 1.165) is 15.6 Å². The van der Waals surface area contributed by atoms with Crippen LogP contribution in [0.3, 0.4) is 0 Å². The Balaban J connectivity index is 1.74. The molecule has 3 rings (SSSR count). The summed E-state index contributed by atoms with van der Waals surface area (Å²) in [6.45, 7) is 3.43. The number of nitrogens with one attached hydrogen (secondary N) is 1. The summed E-state index contributed by atoms with van der Waals surface area (Å²) in [5.74, 6) is 1.93. The first-order valence-electron chi connectivity index (χ1n) is 8.35. The Hall–Kier alpha value is -2.32. The van der Waals surface area contributed by atoms with Gasteiger partial charge in [0.1, 0.15) is 6.61 Å². The minimum Gasteiger partial charge on any atom is -0.490 e. The van der Waals surface area contributed by atoms with Gasteiger partial charge in [0, 0.05) is 18.6 Å². The fourth-order valence-electron chi connectivity index (χ4n) is 2.42. The summed E-state index contributed by atoms with van der Waals surface area (Å²) >= 11 is 9.51. The van der Waals surface area contributed by atoms with Crippen molar-refractivity contribution in [1.29, 1.82) is 0 Å². The van der Waals surface area contributed by atoms with Crippen molar-refractivity contribution in [3.8, 4) is 11.5 Å². The molecule has 3 aromatic rings. The van der Waals surface area contributed by atoms with Gasteiger partial charge in [-0.15, -0.1) is 0 Å². The van der Waals surface area contributed by atoms with Crippen LogP contribution in [0, 0.1) is 0 Å². The highest BCUT2D eigenvalue weighted by Gasteiger charge is 2.13. The molecule has 1 N–H and O–H groups in total. The smallest absolute Gasteiger partial charge is 0.242 e. The van der Waals surface area contributed by atoms with E-state index in [1.807, 2.05) is 43.3 Å². The first kappa shape index (κ1) is 19.4. The molecule has 0 amide bonds. The van der Waals surface area contributed by atoms with Gasteiger partial charge in [-0.3, -0.25) is 0 Å². The van der Waals surface area contributed by atoms with Crippen LogP contribution < -0.4 is 14.8 Å². The highest BCUT2D eigenvalue weighted by molar-refractivity contribution is 9.10. The van der Waals surface area contributed by atoms with Crippen molar-refractivity contribution < 1.29 is 9.47 Å². The van der Waals surface area contributed by atoms with Gasteiger partial charge in [-0.2, -0.15) is 0 Å². The predicted molar refractivity (Wildman–Crippen MR) is 107 cm³/mol. The maximum absolute atomic E-state index is 6.00. The lowest BCUT2D eigenvalue weighted by atomic mass is 10.2. The number of tetrazole rings is 1. The van der Waals surface area contributed by atoms with E-state index in [0.29, 0.717) is 42.2 Å². The molecule has 0 aliphatic rings. The quantitative estimate of drug-likeness (QED) is 0.552. The van der Waals surface area contributed by atoms with Gasteiger partial charge in [0.2, 0.25) is 5.95 Å². The van der Waals surface area contributed by atoms with Crippen molar-refractivity contribution in [2.75, 3.05) is 11.9 Å². The summed E-state index contributed by atoms with van der Waals surface area (Å²) in [6, 6.07) is 11.5. The first-order chi connectivity index (χ1) is 13.1. The third-order valence-corrected chi connectivity index (χ3v) is 4.58. The number of hydrogen-bond donors (Lipinski definition) is 1. The standard InChI is InChI=1S/C18H19BrClN5O2/c1-3-26-16-9-13(10-21-18-22-23-24-25(18)2)8-15(19)17(16)27-11-12-4-6-14(20)7-5-12/h4-9H,3,10-11H2,1-2H3,(H,21,22,24). The third-order valence-electron chi connectivity index (χ3n) is 3.74. The van der Waals surface area contributed by atoms with E-state index in [1.54, 1.807) is 11.7 Å². The van der Waals surface area contributed by atoms with Gasteiger partial charge in [0.05, 0.1) is 11.1 Å². The van der Waals surface area contributed by atoms with E-state index in [4.69, 9.17) is 21.1 Å². The van der Waals surface area contributed by atoms with Crippen LogP contribution in [0.15, 0.2) is 40.9 Å². The Kier molecular flexibility index (Phi) is 6.52. The lowest BCUT2D eigenvalue weighted by Gasteiger charge is -2.16. The molecule has 0 aliphatic carbocycles.